The molecule has 170 valence electrons. The summed E-state index contributed by atoms with van der Waals surface area (Å²) in [7, 11) is 1.91. The number of anilines is 1. The topological polar surface area (TPSA) is 76.3 Å². The van der Waals surface area contributed by atoms with E-state index < -0.39 is 6.10 Å². The number of aliphatic hydroxyl groups excluding tert-OH is 1. The lowest BCUT2D eigenvalue weighted by Crippen LogP contribution is -2.42. The number of fused-ring (bicyclic) bond motifs is 2. The van der Waals surface area contributed by atoms with Crippen molar-refractivity contribution in [2.45, 2.75) is 58.7 Å². The summed E-state index contributed by atoms with van der Waals surface area (Å²) in [6, 6.07) is 6.40. The molecule has 3 heterocycles. The van der Waals surface area contributed by atoms with E-state index in [0.29, 0.717) is 17.8 Å². The molecule has 0 bridgehead atoms. The molecular weight excluding hydrogens is 402 g/mol. The van der Waals surface area contributed by atoms with Crippen molar-refractivity contribution < 1.29 is 9.84 Å². The number of hydrogen-bond donors (Lipinski definition) is 1. The van der Waals surface area contributed by atoms with Crippen molar-refractivity contribution in [3.8, 4) is 5.75 Å². The molecule has 2 fully saturated rings. The van der Waals surface area contributed by atoms with Gasteiger partial charge in [0.25, 0.3) is 0 Å². The van der Waals surface area contributed by atoms with Gasteiger partial charge in [-0.3, -0.25) is 4.68 Å². The van der Waals surface area contributed by atoms with E-state index in [1.807, 2.05) is 20.2 Å². The average Bonchev–Trinajstić information content (AvgIpc) is 3.31. The highest BCUT2D eigenvalue weighted by atomic mass is 16.5. The molecule has 7 heteroatoms. The minimum Gasteiger partial charge on any atom is -0.487 e. The van der Waals surface area contributed by atoms with Crippen LogP contribution in [0.15, 0.2) is 24.4 Å². The number of hydrogen-bond acceptors (Lipinski definition) is 6. The van der Waals surface area contributed by atoms with E-state index in [2.05, 4.69) is 54.0 Å². The smallest absolute Gasteiger partial charge is 0.163 e. The minimum atomic E-state index is -0.456. The highest BCUT2D eigenvalue weighted by molar-refractivity contribution is 5.87. The van der Waals surface area contributed by atoms with Crippen LogP contribution in [0.5, 0.6) is 5.75 Å². The van der Waals surface area contributed by atoms with E-state index in [-0.39, 0.29) is 6.10 Å². The van der Waals surface area contributed by atoms with Crippen molar-refractivity contribution >= 4 is 16.9 Å². The number of rotatable bonds is 4. The molecule has 1 N–H and O–H groups in total. The quantitative estimate of drug-likeness (QED) is 0.673. The zero-order valence-electron chi connectivity index (χ0n) is 19.6. The summed E-state index contributed by atoms with van der Waals surface area (Å²) in [5.74, 6) is 3.92. The molecule has 32 heavy (non-hydrogen) atoms. The molecule has 0 unspecified atom stereocenters. The third kappa shape index (κ3) is 3.72. The number of benzene rings is 1. The summed E-state index contributed by atoms with van der Waals surface area (Å²) >= 11 is 0. The first-order chi connectivity index (χ1) is 15.3. The molecular formula is C25H33N5O2. The monoisotopic (exact) mass is 435 g/mol. The van der Waals surface area contributed by atoms with E-state index in [1.54, 1.807) is 4.68 Å². The summed E-state index contributed by atoms with van der Waals surface area (Å²) in [6.45, 7) is 10.2. The van der Waals surface area contributed by atoms with Crippen molar-refractivity contribution in [3.05, 3.63) is 41.3 Å². The number of nitrogens with zero attached hydrogens (tertiary/aromatic N) is 5. The van der Waals surface area contributed by atoms with Crippen LogP contribution in [-0.2, 0) is 7.05 Å². The molecule has 2 aromatic heterocycles. The van der Waals surface area contributed by atoms with Gasteiger partial charge in [0, 0.05) is 20.1 Å². The first-order valence-corrected chi connectivity index (χ1v) is 11.7. The van der Waals surface area contributed by atoms with Crippen LogP contribution in [-0.4, -0.2) is 50.2 Å². The summed E-state index contributed by atoms with van der Waals surface area (Å²) in [5, 5.41) is 16.3. The van der Waals surface area contributed by atoms with E-state index >= 15 is 0 Å². The number of aliphatic hydroxyl groups is 1. The summed E-state index contributed by atoms with van der Waals surface area (Å²) in [4.78, 5) is 11.7. The molecule has 1 saturated heterocycles. The Morgan fingerprint density at radius 2 is 1.84 bits per heavy atom. The van der Waals surface area contributed by atoms with Crippen LogP contribution in [0.25, 0.3) is 11.0 Å². The Morgan fingerprint density at radius 3 is 2.59 bits per heavy atom. The summed E-state index contributed by atoms with van der Waals surface area (Å²) in [5.41, 5.74) is 3.25. The molecule has 3 aromatic rings. The molecule has 4 atom stereocenters. The largest absolute Gasteiger partial charge is 0.487 e. The highest BCUT2D eigenvalue weighted by Gasteiger charge is 2.43. The van der Waals surface area contributed by atoms with Gasteiger partial charge in [-0.05, 0) is 61.6 Å². The molecule has 0 spiro atoms. The predicted molar refractivity (Wildman–Crippen MR) is 125 cm³/mol. The zero-order valence-corrected chi connectivity index (χ0v) is 19.6. The zero-order chi connectivity index (χ0) is 22.6. The Labute approximate surface area is 189 Å². The molecule has 1 saturated carbocycles. The second-order valence-electron chi connectivity index (χ2n) is 9.92. The van der Waals surface area contributed by atoms with Crippen LogP contribution < -0.4 is 9.64 Å². The van der Waals surface area contributed by atoms with Gasteiger partial charge in [0.1, 0.15) is 23.5 Å². The second-order valence-corrected chi connectivity index (χ2v) is 9.92. The van der Waals surface area contributed by atoms with Gasteiger partial charge in [-0.2, -0.15) is 5.10 Å². The summed E-state index contributed by atoms with van der Waals surface area (Å²) < 4.78 is 8.28. The van der Waals surface area contributed by atoms with E-state index in [9.17, 15) is 5.11 Å². The minimum absolute atomic E-state index is 0.180. The number of aromatic nitrogens is 4. The number of aryl methyl sites for hydroxylation is 3. The molecule has 1 aliphatic carbocycles. The van der Waals surface area contributed by atoms with Gasteiger partial charge in [-0.1, -0.05) is 26.0 Å². The molecule has 5 rings (SSSR count). The molecule has 1 aromatic carbocycles. The van der Waals surface area contributed by atoms with Crippen LogP contribution in [0, 0.1) is 25.7 Å². The Hall–Kier alpha value is -2.67. The third-order valence-electron chi connectivity index (χ3n) is 7.14. The number of ether oxygens (including phenoxy) is 1. The highest BCUT2D eigenvalue weighted by Crippen LogP contribution is 2.41. The van der Waals surface area contributed by atoms with Crippen molar-refractivity contribution in [1.82, 2.24) is 19.7 Å². The standard InChI is InChI=1S/C25H33N5O2/c1-14(2)19-7-6-15(3)8-22(19)32-23-10-18-13-30(12-17(18)9-21(23)31)25-20-11-26-29(5)24(20)27-16(4)28-25/h6-8,11,14,17-18,21,23,31H,9-10,12-13H2,1-5H3/t17-,18+,21+,23+/m0/s1. The van der Waals surface area contributed by atoms with E-state index in [4.69, 9.17) is 9.72 Å². The average molecular weight is 436 g/mol. The first kappa shape index (κ1) is 21.2. The maximum atomic E-state index is 11.0. The van der Waals surface area contributed by atoms with Gasteiger partial charge in [0.2, 0.25) is 0 Å². The third-order valence-corrected chi connectivity index (χ3v) is 7.14. The second kappa shape index (κ2) is 8.03. The van der Waals surface area contributed by atoms with Gasteiger partial charge in [-0.15, -0.1) is 0 Å². The molecule has 0 radical (unpaired) electrons. The van der Waals surface area contributed by atoms with Crippen molar-refractivity contribution in [3.63, 3.8) is 0 Å². The SMILES string of the molecule is Cc1ccc(C(C)C)c(O[C@@H]2C[C@@H]3CN(c4nc(C)nc5c4cnn5C)C[C@@H]3C[C@H]2O)c1. The predicted octanol–water partition coefficient (Wildman–Crippen LogP) is 3.76. The van der Waals surface area contributed by atoms with Gasteiger partial charge >= 0.3 is 0 Å². The Bertz CT molecular complexity index is 1140. The summed E-state index contributed by atoms with van der Waals surface area (Å²) in [6.07, 6.45) is 2.84. The van der Waals surface area contributed by atoms with Crippen molar-refractivity contribution in [2.75, 3.05) is 18.0 Å². The van der Waals surface area contributed by atoms with E-state index in [1.165, 1.54) is 11.1 Å². The Morgan fingerprint density at radius 1 is 1.09 bits per heavy atom. The van der Waals surface area contributed by atoms with Gasteiger partial charge in [0.05, 0.1) is 17.7 Å². The van der Waals surface area contributed by atoms with Gasteiger partial charge in [0.15, 0.2) is 5.65 Å². The van der Waals surface area contributed by atoms with Gasteiger partial charge in [-0.25, -0.2) is 9.97 Å². The van der Waals surface area contributed by atoms with Crippen LogP contribution in [0.2, 0.25) is 0 Å². The van der Waals surface area contributed by atoms with Gasteiger partial charge < -0.3 is 14.7 Å². The Balaban J connectivity index is 1.37. The molecule has 1 aliphatic heterocycles. The van der Waals surface area contributed by atoms with Crippen LogP contribution in [0.3, 0.4) is 0 Å². The van der Waals surface area contributed by atoms with Crippen LogP contribution in [0.4, 0.5) is 5.82 Å². The first-order valence-electron chi connectivity index (χ1n) is 11.7. The molecule has 7 nitrogen and oxygen atoms in total. The van der Waals surface area contributed by atoms with Crippen LogP contribution >= 0.6 is 0 Å². The Kier molecular flexibility index (Phi) is 5.32. The lowest BCUT2D eigenvalue weighted by Gasteiger charge is -2.35. The molecule has 2 aliphatic rings. The normalized spacial score (nSPS) is 25.5. The van der Waals surface area contributed by atoms with Crippen LogP contribution in [0.1, 0.15) is 49.6 Å². The maximum absolute atomic E-state index is 11.0. The lowest BCUT2D eigenvalue weighted by atomic mass is 9.78. The van der Waals surface area contributed by atoms with Crippen molar-refractivity contribution in [1.29, 1.82) is 0 Å². The fourth-order valence-corrected chi connectivity index (χ4v) is 5.43. The van der Waals surface area contributed by atoms with Crippen molar-refractivity contribution in [2.24, 2.45) is 18.9 Å². The molecule has 0 amide bonds. The fourth-order valence-electron chi connectivity index (χ4n) is 5.43. The maximum Gasteiger partial charge on any atom is 0.163 e. The fraction of sp³-hybridized carbons (Fsp3) is 0.560. The van der Waals surface area contributed by atoms with E-state index in [0.717, 1.165) is 54.4 Å². The lowest BCUT2D eigenvalue weighted by molar-refractivity contribution is -0.0236.